The van der Waals surface area contributed by atoms with Gasteiger partial charge in [-0.05, 0) is 74.9 Å². The van der Waals surface area contributed by atoms with E-state index in [0.29, 0.717) is 32.4 Å². The number of carbonyl (C=O) groups is 2. The van der Waals surface area contributed by atoms with Gasteiger partial charge in [-0.25, -0.2) is 4.79 Å². The molecule has 0 saturated carbocycles. The number of likely N-dealkylation sites (N-methyl/N-ethyl adjacent to an activating group) is 1. The Hall–Kier alpha value is -1.66. The molecule has 3 bridgehead atoms. The molecule has 0 aromatic rings. The first kappa shape index (κ1) is 42.9. The zero-order valence-corrected chi connectivity index (χ0v) is 35.3. The zero-order chi connectivity index (χ0) is 40.6. The standard InChI is InChI=1S/C40H69N3O12/c1-14-27-39(10)31-24(6)40(41-15-16-43(31)36(47)54-39)20(2)18-38(9,55-40)33(53-35-29(44)26(42(11)12)17-21(3)49-35)22(4)30(23(5)34(46)51-27)52-28-19-37(8,48-13)32(45)25(7)50-28/h20-33,35,41,44-45H,14-19H2,1-13H3/t20?,21-,22+,23-,24-,25+,26+,27-,28+,29-,30+,31-,32+,33-,35+,37-,38-,39-,40?/m1/s1. The van der Waals surface area contributed by atoms with Gasteiger partial charge in [-0.3, -0.25) is 15.0 Å². The predicted molar refractivity (Wildman–Crippen MR) is 200 cm³/mol. The number of ether oxygens (including phenoxy) is 8. The highest BCUT2D eigenvalue weighted by molar-refractivity contribution is 5.74. The molecule has 6 rings (SSSR count). The van der Waals surface area contributed by atoms with Gasteiger partial charge in [0.05, 0.1) is 47.6 Å². The minimum absolute atomic E-state index is 0.0786. The first-order valence-corrected chi connectivity index (χ1v) is 20.5. The maximum Gasteiger partial charge on any atom is 0.410 e. The van der Waals surface area contributed by atoms with Gasteiger partial charge in [0.25, 0.3) is 0 Å². The number of cyclic esters (lactones) is 1. The number of esters is 1. The summed E-state index contributed by atoms with van der Waals surface area (Å²) in [6.07, 6.45) is -5.77. The van der Waals surface area contributed by atoms with Crippen LogP contribution in [-0.4, -0.2) is 156 Å². The Labute approximate surface area is 327 Å². The van der Waals surface area contributed by atoms with Gasteiger partial charge in [-0.1, -0.05) is 27.7 Å². The summed E-state index contributed by atoms with van der Waals surface area (Å²) in [5.41, 5.74) is -4.13. The van der Waals surface area contributed by atoms with Gasteiger partial charge in [0.2, 0.25) is 0 Å². The second-order valence-corrected chi connectivity index (χ2v) is 18.4. The topological polar surface area (TPSA) is 167 Å². The molecule has 6 fully saturated rings. The summed E-state index contributed by atoms with van der Waals surface area (Å²) < 4.78 is 52.6. The number of fused-ring (bicyclic) bond motifs is 1. The summed E-state index contributed by atoms with van der Waals surface area (Å²) in [5, 5.41) is 26.6. The van der Waals surface area contributed by atoms with Gasteiger partial charge < -0.3 is 53.0 Å². The molecule has 55 heavy (non-hydrogen) atoms. The first-order valence-electron chi connectivity index (χ1n) is 20.5. The van der Waals surface area contributed by atoms with Crippen LogP contribution in [0.15, 0.2) is 0 Å². The summed E-state index contributed by atoms with van der Waals surface area (Å²) in [6, 6.07) is -0.714. The lowest BCUT2D eigenvalue weighted by Gasteiger charge is -2.49. The molecule has 6 heterocycles. The van der Waals surface area contributed by atoms with Crippen LogP contribution in [0.5, 0.6) is 0 Å². The van der Waals surface area contributed by atoms with Crippen LogP contribution in [0.3, 0.4) is 0 Å². The van der Waals surface area contributed by atoms with Crippen LogP contribution in [0.1, 0.15) is 94.9 Å². The monoisotopic (exact) mass is 783 g/mol. The molecule has 0 aromatic heterocycles. The molecule has 6 aliphatic rings. The average molecular weight is 784 g/mol. The van der Waals surface area contributed by atoms with Crippen molar-refractivity contribution in [1.82, 2.24) is 15.1 Å². The number of nitrogens with zero attached hydrogens (tertiary/aromatic N) is 2. The van der Waals surface area contributed by atoms with Crippen molar-refractivity contribution in [3.05, 3.63) is 0 Å². The number of amides is 1. The highest BCUT2D eigenvalue weighted by atomic mass is 16.7. The van der Waals surface area contributed by atoms with Gasteiger partial charge in [-0.15, -0.1) is 0 Å². The molecule has 6 saturated heterocycles. The van der Waals surface area contributed by atoms with Crippen molar-refractivity contribution in [3.8, 4) is 0 Å². The van der Waals surface area contributed by atoms with Gasteiger partial charge in [0, 0.05) is 50.4 Å². The quantitative estimate of drug-likeness (QED) is 0.323. The fraction of sp³-hybridized carbons (Fsp3) is 0.950. The van der Waals surface area contributed by atoms with Crippen molar-refractivity contribution < 1.29 is 57.7 Å². The van der Waals surface area contributed by atoms with E-state index in [2.05, 4.69) is 19.2 Å². The van der Waals surface area contributed by atoms with E-state index in [1.165, 1.54) is 0 Å². The van der Waals surface area contributed by atoms with Crippen LogP contribution < -0.4 is 5.32 Å². The number of aliphatic hydroxyl groups excluding tert-OH is 2. The molecule has 15 nitrogen and oxygen atoms in total. The van der Waals surface area contributed by atoms with E-state index in [1.807, 2.05) is 60.5 Å². The largest absolute Gasteiger partial charge is 0.458 e. The van der Waals surface area contributed by atoms with Gasteiger partial charge in [-0.2, -0.15) is 0 Å². The van der Waals surface area contributed by atoms with E-state index < -0.39 is 102 Å². The van der Waals surface area contributed by atoms with Crippen molar-refractivity contribution in [2.24, 2.45) is 23.7 Å². The number of hydrogen-bond acceptors (Lipinski definition) is 14. The lowest BCUT2D eigenvalue weighted by molar-refractivity contribution is -0.322. The highest BCUT2D eigenvalue weighted by Gasteiger charge is 2.68. The molecule has 2 unspecified atom stereocenters. The van der Waals surface area contributed by atoms with Gasteiger partial charge >= 0.3 is 12.1 Å². The molecular weight excluding hydrogens is 714 g/mol. The minimum Gasteiger partial charge on any atom is -0.458 e. The number of rotatable bonds is 7. The minimum atomic E-state index is -1.19. The number of methoxy groups -OCH3 is 1. The van der Waals surface area contributed by atoms with Crippen LogP contribution >= 0.6 is 0 Å². The molecule has 6 aliphatic heterocycles. The third-order valence-corrected chi connectivity index (χ3v) is 14.3. The van der Waals surface area contributed by atoms with E-state index >= 15 is 0 Å². The summed E-state index contributed by atoms with van der Waals surface area (Å²) in [7, 11) is 5.41. The second kappa shape index (κ2) is 15.5. The van der Waals surface area contributed by atoms with Gasteiger partial charge in [0.15, 0.2) is 18.2 Å². The molecule has 15 heteroatoms. The number of aliphatic hydroxyl groups is 2. The first-order chi connectivity index (χ1) is 25.7. The molecule has 0 radical (unpaired) electrons. The van der Waals surface area contributed by atoms with E-state index in [1.54, 1.807) is 25.9 Å². The average Bonchev–Trinajstić information content (AvgIpc) is 3.47. The summed E-state index contributed by atoms with van der Waals surface area (Å²) in [5.74, 6) is -2.38. The summed E-state index contributed by atoms with van der Waals surface area (Å²) >= 11 is 0. The number of nitrogens with one attached hydrogen (secondary N) is 1. The maximum absolute atomic E-state index is 14.6. The number of carbonyl (C=O) groups excluding carboxylic acids is 2. The lowest BCUT2D eigenvalue weighted by atomic mass is 9.72. The van der Waals surface area contributed by atoms with Crippen molar-refractivity contribution in [3.63, 3.8) is 0 Å². The Kier molecular flexibility index (Phi) is 12.1. The Morgan fingerprint density at radius 1 is 1.00 bits per heavy atom. The van der Waals surface area contributed by atoms with E-state index in [-0.39, 0.29) is 30.4 Å². The SMILES string of the molecule is CC[C@H]1OC(=O)[C@H](C)[C@@H](O[C@H]2C[C@@](C)(OC)[C@@H](O)[C@H](C)O2)[C@H](C)[C@@H](O[C@@H]2O[C@H](C)C[C@H](N(C)C)[C@H]2O)[C@@]2(C)CC(C)C3(NCCN4C(=O)O[C@@]1(C)[C@H]4[C@H]3C)O2. The molecule has 0 aromatic carbocycles. The smallest absolute Gasteiger partial charge is 0.410 e. The Balaban J connectivity index is 1.49. The van der Waals surface area contributed by atoms with E-state index in [0.717, 1.165) is 0 Å². The molecule has 3 N–H and O–H groups in total. The molecule has 1 amide bonds. The molecular formula is C40H69N3O12. The van der Waals surface area contributed by atoms with Crippen molar-refractivity contribution >= 4 is 12.1 Å². The highest BCUT2D eigenvalue weighted by Crippen LogP contribution is 2.54. The predicted octanol–water partition coefficient (Wildman–Crippen LogP) is 3.02. The lowest BCUT2D eigenvalue weighted by Crippen LogP contribution is -2.64. The van der Waals surface area contributed by atoms with Crippen molar-refractivity contribution in [2.75, 3.05) is 34.3 Å². The van der Waals surface area contributed by atoms with Crippen molar-refractivity contribution in [2.45, 2.75) is 185 Å². The van der Waals surface area contributed by atoms with Crippen LogP contribution in [0.25, 0.3) is 0 Å². The fourth-order valence-electron chi connectivity index (χ4n) is 11.2. The van der Waals surface area contributed by atoms with Gasteiger partial charge in [0.1, 0.15) is 24.0 Å². The van der Waals surface area contributed by atoms with E-state index in [9.17, 15) is 19.8 Å². The van der Waals surface area contributed by atoms with Crippen LogP contribution in [0.2, 0.25) is 0 Å². The molecule has 1 spiro atoms. The maximum atomic E-state index is 14.6. The van der Waals surface area contributed by atoms with E-state index in [4.69, 9.17) is 37.9 Å². The summed E-state index contributed by atoms with van der Waals surface area (Å²) in [6.45, 7) is 20.2. The van der Waals surface area contributed by atoms with Crippen LogP contribution in [0.4, 0.5) is 4.79 Å². The van der Waals surface area contributed by atoms with Crippen LogP contribution in [0, 0.1) is 23.7 Å². The molecule has 0 aliphatic carbocycles. The Bertz CT molecular complexity index is 1410. The fourth-order valence-corrected chi connectivity index (χ4v) is 11.2. The second-order valence-electron chi connectivity index (χ2n) is 18.4. The Morgan fingerprint density at radius 3 is 2.33 bits per heavy atom. The van der Waals surface area contributed by atoms with Crippen molar-refractivity contribution in [1.29, 1.82) is 0 Å². The summed E-state index contributed by atoms with van der Waals surface area (Å²) in [4.78, 5) is 32.0. The third kappa shape index (κ3) is 7.24. The Morgan fingerprint density at radius 2 is 1.69 bits per heavy atom. The number of hydrogen-bond donors (Lipinski definition) is 3. The zero-order valence-electron chi connectivity index (χ0n) is 35.3. The normalized spacial score (nSPS) is 52.1. The molecule has 19 atom stereocenters. The van der Waals surface area contributed by atoms with Crippen LogP contribution in [-0.2, 0) is 42.7 Å². The third-order valence-electron chi connectivity index (χ3n) is 14.3. The molecule has 316 valence electrons.